The lowest BCUT2D eigenvalue weighted by Gasteiger charge is -2.36. The van der Waals surface area contributed by atoms with E-state index in [0.717, 1.165) is 11.3 Å². The fraction of sp³-hybridized carbons (Fsp3) is 0.550. The molecule has 2 heterocycles. The molecule has 1 atom stereocenters. The van der Waals surface area contributed by atoms with Crippen molar-refractivity contribution in [3.8, 4) is 0 Å². The molecule has 0 aromatic heterocycles. The van der Waals surface area contributed by atoms with Crippen molar-refractivity contribution in [1.29, 1.82) is 0 Å². The highest BCUT2D eigenvalue weighted by Gasteiger charge is 2.42. The van der Waals surface area contributed by atoms with Gasteiger partial charge in [-0.25, -0.2) is 9.59 Å². The smallest absolute Gasteiger partial charge is 0.410 e. The Bertz CT molecular complexity index is 756. The minimum Gasteiger partial charge on any atom is -0.469 e. The Morgan fingerprint density at radius 2 is 1.79 bits per heavy atom. The molecule has 2 saturated heterocycles. The van der Waals surface area contributed by atoms with E-state index in [9.17, 15) is 14.4 Å². The van der Waals surface area contributed by atoms with Crippen LogP contribution >= 0.6 is 0 Å². The Balaban J connectivity index is 1.65. The second-order valence-electron chi connectivity index (χ2n) is 8.09. The Morgan fingerprint density at radius 1 is 1.11 bits per heavy atom. The third-order valence-electron chi connectivity index (χ3n) is 4.83. The molecule has 0 radical (unpaired) electrons. The molecule has 3 rings (SSSR count). The maximum absolute atomic E-state index is 12.8. The second kappa shape index (κ2) is 7.69. The van der Waals surface area contributed by atoms with Crippen molar-refractivity contribution in [3.63, 3.8) is 0 Å². The van der Waals surface area contributed by atoms with E-state index in [1.165, 1.54) is 7.11 Å². The van der Waals surface area contributed by atoms with E-state index in [4.69, 9.17) is 4.74 Å². The van der Waals surface area contributed by atoms with Gasteiger partial charge < -0.3 is 19.3 Å². The van der Waals surface area contributed by atoms with E-state index >= 15 is 0 Å². The van der Waals surface area contributed by atoms with Crippen molar-refractivity contribution < 1.29 is 23.9 Å². The molecular weight excluding hydrogens is 362 g/mol. The van der Waals surface area contributed by atoms with Crippen molar-refractivity contribution in [2.75, 3.05) is 38.2 Å². The number of piperazine rings is 1. The minimum absolute atomic E-state index is 0.0606. The number of hydrogen-bond donors (Lipinski definition) is 0. The van der Waals surface area contributed by atoms with E-state index in [1.807, 2.05) is 49.9 Å². The van der Waals surface area contributed by atoms with Gasteiger partial charge in [-0.15, -0.1) is 0 Å². The largest absolute Gasteiger partial charge is 0.469 e. The van der Waals surface area contributed by atoms with Crippen LogP contribution < -0.4 is 4.90 Å². The highest BCUT2D eigenvalue weighted by molar-refractivity contribution is 5.95. The van der Waals surface area contributed by atoms with Crippen molar-refractivity contribution in [1.82, 2.24) is 9.80 Å². The summed E-state index contributed by atoms with van der Waals surface area (Å²) in [5.41, 5.74) is 1.06. The molecular formula is C20H27N3O5. The van der Waals surface area contributed by atoms with E-state index in [1.54, 1.807) is 9.80 Å². The van der Waals surface area contributed by atoms with Crippen LogP contribution in [-0.4, -0.2) is 72.8 Å². The van der Waals surface area contributed by atoms with Crippen LogP contribution in [0.3, 0.4) is 0 Å². The van der Waals surface area contributed by atoms with Gasteiger partial charge in [0.1, 0.15) is 5.60 Å². The highest BCUT2D eigenvalue weighted by atomic mass is 16.6. The lowest BCUT2D eigenvalue weighted by Crippen LogP contribution is -2.54. The molecule has 0 saturated carbocycles. The summed E-state index contributed by atoms with van der Waals surface area (Å²) in [5, 5.41) is 0. The molecule has 0 N–H and O–H groups in total. The number of rotatable bonds is 3. The number of urea groups is 1. The maximum Gasteiger partial charge on any atom is 0.410 e. The predicted molar refractivity (Wildman–Crippen MR) is 103 cm³/mol. The van der Waals surface area contributed by atoms with Gasteiger partial charge in [0, 0.05) is 31.9 Å². The lowest BCUT2D eigenvalue weighted by molar-refractivity contribution is -0.139. The molecule has 28 heavy (non-hydrogen) atoms. The molecule has 0 spiro atoms. The first-order valence-electron chi connectivity index (χ1n) is 9.40. The molecule has 1 aromatic rings. The SMILES string of the molecule is COC(=O)Cc1ccc(N2CC3CN(C(=O)OC(C)(C)C)CCN3C2=O)cc1. The van der Waals surface area contributed by atoms with Gasteiger partial charge in [-0.05, 0) is 38.5 Å². The third kappa shape index (κ3) is 4.37. The summed E-state index contributed by atoms with van der Waals surface area (Å²) in [6.45, 7) is 7.43. The molecule has 2 aliphatic heterocycles. The normalized spacial score (nSPS) is 19.5. The zero-order chi connectivity index (χ0) is 20.5. The fourth-order valence-electron chi connectivity index (χ4n) is 3.45. The van der Waals surface area contributed by atoms with Crippen molar-refractivity contribution in [2.45, 2.75) is 38.8 Å². The predicted octanol–water partition coefficient (Wildman–Crippen LogP) is 2.26. The number of fused-ring (bicyclic) bond motifs is 1. The summed E-state index contributed by atoms with van der Waals surface area (Å²) in [6.07, 6.45) is -0.144. The van der Waals surface area contributed by atoms with Crippen molar-refractivity contribution >= 4 is 23.8 Å². The Kier molecular flexibility index (Phi) is 5.49. The molecule has 8 nitrogen and oxygen atoms in total. The maximum atomic E-state index is 12.8. The number of carbonyl (C=O) groups excluding carboxylic acids is 3. The summed E-state index contributed by atoms with van der Waals surface area (Å²) in [5.74, 6) is -0.302. The zero-order valence-electron chi connectivity index (χ0n) is 16.8. The highest BCUT2D eigenvalue weighted by Crippen LogP contribution is 2.27. The van der Waals surface area contributed by atoms with Crippen LogP contribution in [0.1, 0.15) is 26.3 Å². The quantitative estimate of drug-likeness (QED) is 0.741. The number of anilines is 1. The average molecular weight is 389 g/mol. The molecule has 0 bridgehead atoms. The summed E-state index contributed by atoms with van der Waals surface area (Å²) in [6, 6.07) is 7.19. The summed E-state index contributed by atoms with van der Waals surface area (Å²) in [7, 11) is 1.36. The molecule has 152 valence electrons. The Hall–Kier alpha value is -2.77. The van der Waals surface area contributed by atoms with E-state index in [-0.39, 0.29) is 30.6 Å². The van der Waals surface area contributed by atoms with Gasteiger partial charge in [0.15, 0.2) is 0 Å². The fourth-order valence-corrected chi connectivity index (χ4v) is 3.45. The van der Waals surface area contributed by atoms with Gasteiger partial charge in [-0.3, -0.25) is 9.69 Å². The van der Waals surface area contributed by atoms with Crippen LogP contribution in [0.4, 0.5) is 15.3 Å². The number of methoxy groups -OCH3 is 1. The van der Waals surface area contributed by atoms with Gasteiger partial charge in [0.25, 0.3) is 0 Å². The van der Waals surface area contributed by atoms with Crippen molar-refractivity contribution in [3.05, 3.63) is 29.8 Å². The molecule has 1 aromatic carbocycles. The van der Waals surface area contributed by atoms with Crippen LogP contribution in [0.15, 0.2) is 24.3 Å². The Labute approximate surface area is 165 Å². The number of nitrogens with zero attached hydrogens (tertiary/aromatic N) is 3. The van der Waals surface area contributed by atoms with Crippen LogP contribution in [0.2, 0.25) is 0 Å². The molecule has 0 aliphatic carbocycles. The van der Waals surface area contributed by atoms with Gasteiger partial charge >= 0.3 is 18.1 Å². The third-order valence-corrected chi connectivity index (χ3v) is 4.83. The van der Waals surface area contributed by atoms with Gasteiger partial charge in [-0.2, -0.15) is 0 Å². The van der Waals surface area contributed by atoms with Crippen LogP contribution in [-0.2, 0) is 20.7 Å². The number of hydrogen-bond acceptors (Lipinski definition) is 5. The first-order chi connectivity index (χ1) is 13.2. The second-order valence-corrected chi connectivity index (χ2v) is 8.09. The number of amides is 3. The number of ether oxygens (including phenoxy) is 2. The number of benzene rings is 1. The topological polar surface area (TPSA) is 79.4 Å². The zero-order valence-corrected chi connectivity index (χ0v) is 16.8. The van der Waals surface area contributed by atoms with Gasteiger partial charge in [0.2, 0.25) is 0 Å². The number of esters is 1. The first-order valence-corrected chi connectivity index (χ1v) is 9.40. The summed E-state index contributed by atoms with van der Waals surface area (Å²) >= 11 is 0. The van der Waals surface area contributed by atoms with Gasteiger partial charge in [0.05, 0.1) is 19.6 Å². The molecule has 2 fully saturated rings. The standard InChI is InChI=1S/C20H27N3O5/c1-20(2,3)28-19(26)21-9-10-22-16(12-21)13-23(18(22)25)15-7-5-14(6-8-15)11-17(24)27-4/h5-8,16H,9-13H2,1-4H3. The summed E-state index contributed by atoms with van der Waals surface area (Å²) in [4.78, 5) is 41.7. The average Bonchev–Trinajstić information content (AvgIpc) is 2.97. The minimum atomic E-state index is -0.544. The molecule has 3 amide bonds. The summed E-state index contributed by atoms with van der Waals surface area (Å²) < 4.78 is 10.1. The van der Waals surface area contributed by atoms with E-state index in [2.05, 4.69) is 4.74 Å². The molecule has 1 unspecified atom stereocenters. The van der Waals surface area contributed by atoms with E-state index < -0.39 is 5.60 Å². The Morgan fingerprint density at radius 3 is 2.39 bits per heavy atom. The lowest BCUT2D eigenvalue weighted by atomic mass is 10.1. The van der Waals surface area contributed by atoms with Gasteiger partial charge in [-0.1, -0.05) is 12.1 Å². The molecule has 2 aliphatic rings. The van der Waals surface area contributed by atoms with Crippen LogP contribution in [0, 0.1) is 0 Å². The van der Waals surface area contributed by atoms with E-state index in [0.29, 0.717) is 26.2 Å². The van der Waals surface area contributed by atoms with Crippen LogP contribution in [0.5, 0.6) is 0 Å². The van der Waals surface area contributed by atoms with Crippen molar-refractivity contribution in [2.24, 2.45) is 0 Å². The monoisotopic (exact) mass is 389 g/mol. The molecule has 8 heteroatoms. The van der Waals surface area contributed by atoms with Crippen LogP contribution in [0.25, 0.3) is 0 Å². The number of carbonyl (C=O) groups is 3. The first kappa shape index (κ1) is 20.0.